The minimum absolute atomic E-state index is 0.917. The Kier molecular flexibility index (Phi) is 6.99. The van der Waals surface area contributed by atoms with E-state index < -0.39 is 18.1 Å². The minimum Gasteiger partial charge on any atom is -0.352 e. The second-order valence-corrected chi connectivity index (χ2v) is 3.69. The van der Waals surface area contributed by atoms with Gasteiger partial charge in [-0.2, -0.15) is 0 Å². The Balaban J connectivity index is 0.000000234. The van der Waals surface area contributed by atoms with Crippen LogP contribution < -0.4 is 0 Å². The van der Waals surface area contributed by atoms with E-state index in [4.69, 9.17) is 19.6 Å². The normalized spacial score (nSPS) is 9.56. The average Bonchev–Trinajstić information content (AvgIpc) is 2.38. The fourth-order valence-electron chi connectivity index (χ4n) is 1.84. The molecule has 18 heavy (non-hydrogen) atoms. The zero-order valence-electron chi connectivity index (χ0n) is 9.41. The van der Waals surface area contributed by atoms with Crippen molar-refractivity contribution >= 4 is 18.1 Å². The lowest BCUT2D eigenvalue weighted by Gasteiger charge is -2.22. The van der Waals surface area contributed by atoms with E-state index in [-0.39, 0.29) is 0 Å². The van der Waals surface area contributed by atoms with Gasteiger partial charge in [0.1, 0.15) is 18.1 Å². The van der Waals surface area contributed by atoms with Crippen molar-refractivity contribution in [1.82, 2.24) is 0 Å². The Hall–Kier alpha value is -0.860. The Morgan fingerprint density at radius 1 is 0.500 bits per heavy atom. The first-order chi connectivity index (χ1) is 8.79. The molecule has 0 saturated carbocycles. The van der Waals surface area contributed by atoms with Gasteiger partial charge in [0.2, 0.25) is 0 Å². The Morgan fingerprint density at radius 2 is 0.667 bits per heavy atom. The van der Waals surface area contributed by atoms with E-state index in [9.17, 15) is 0 Å². The van der Waals surface area contributed by atoms with Crippen LogP contribution in [0.3, 0.4) is 0 Å². The molecule has 4 N–H and O–H groups in total. The lowest BCUT2D eigenvalue weighted by atomic mass is 9.81. The summed E-state index contributed by atoms with van der Waals surface area (Å²) in [5.41, 5.74) is 5.59. The summed E-state index contributed by atoms with van der Waals surface area (Å²) in [5.74, 6) is 0. The van der Waals surface area contributed by atoms with Crippen molar-refractivity contribution in [3.05, 3.63) is 48.5 Å². The van der Waals surface area contributed by atoms with Crippen molar-refractivity contribution < 1.29 is 19.6 Å². The van der Waals surface area contributed by atoms with Gasteiger partial charge in [-0.1, -0.05) is 48.5 Å². The molecule has 0 heterocycles. The van der Waals surface area contributed by atoms with Crippen LogP contribution in [0, 0.1) is 0 Å². The molecule has 0 amide bonds. The zero-order valence-corrected chi connectivity index (χ0v) is 11.4. The monoisotopic (exact) mass is 284 g/mol. The first-order valence-corrected chi connectivity index (χ1v) is 6.84. The maximum Gasteiger partial charge on any atom is 0.149 e. The van der Waals surface area contributed by atoms with Crippen LogP contribution in [0.15, 0.2) is 48.5 Å². The molecule has 0 saturated heterocycles. The van der Waals surface area contributed by atoms with Gasteiger partial charge >= 0.3 is 0 Å². The van der Waals surface area contributed by atoms with Gasteiger partial charge in [0.25, 0.3) is 0 Å². The molecule has 0 spiro atoms. The molecular weight excluding hydrogens is 270 g/mol. The maximum absolute atomic E-state index is 7.15. The lowest BCUT2D eigenvalue weighted by Crippen LogP contribution is -1.96. The molecule has 96 valence electrons. The van der Waals surface area contributed by atoms with Crippen molar-refractivity contribution in [2.45, 2.75) is 0 Å². The van der Waals surface area contributed by atoms with E-state index in [0.29, 0.717) is 0 Å². The molecule has 0 atom stereocenters. The van der Waals surface area contributed by atoms with Gasteiger partial charge in [-0.15, -0.1) is 0 Å². The fourth-order valence-corrected chi connectivity index (χ4v) is 1.84. The molecule has 6 heteroatoms. The molecule has 4 nitrogen and oxygen atoms in total. The molecule has 2 aromatic carbocycles. The third kappa shape index (κ3) is 3.56. The molecule has 0 fully saturated rings. The van der Waals surface area contributed by atoms with Gasteiger partial charge in [-0.3, -0.25) is 0 Å². The fraction of sp³-hybridized carbons (Fsp3) is 0. The summed E-state index contributed by atoms with van der Waals surface area (Å²) >= 11 is 0. The maximum atomic E-state index is 7.15. The van der Waals surface area contributed by atoms with E-state index >= 15 is 0 Å². The Bertz CT molecular complexity index is 389. The van der Waals surface area contributed by atoms with Crippen LogP contribution in [0.5, 0.6) is 0 Å². The van der Waals surface area contributed by atoms with Gasteiger partial charge in [-0.25, -0.2) is 0 Å². The van der Waals surface area contributed by atoms with Gasteiger partial charge < -0.3 is 19.6 Å². The molecule has 2 aromatic rings. The predicted octanol–water partition coefficient (Wildman–Crippen LogP) is 2.29. The predicted molar refractivity (Wildman–Crippen MR) is 76.4 cm³/mol. The Labute approximate surface area is 109 Å². The highest BCUT2D eigenvalue weighted by Crippen LogP contribution is 2.46. The van der Waals surface area contributed by atoms with Crippen LogP contribution in [0.1, 0.15) is 0 Å². The summed E-state index contributed by atoms with van der Waals surface area (Å²) < 4.78 is 0. The molecule has 0 aromatic heterocycles. The number of hydrogen-bond donors (Lipinski definition) is 4. The summed E-state index contributed by atoms with van der Waals surface area (Å²) in [6.07, 6.45) is 0. The van der Waals surface area contributed by atoms with Crippen molar-refractivity contribution in [2.24, 2.45) is 0 Å². The summed E-state index contributed by atoms with van der Waals surface area (Å²) in [4.78, 5) is 28.6. The highest BCUT2D eigenvalue weighted by atomic mass is 31.1. The second kappa shape index (κ2) is 8.28. The van der Waals surface area contributed by atoms with Gasteiger partial charge in [0.05, 0.1) is 0 Å². The molecule has 3 rings (SSSR count). The van der Waals surface area contributed by atoms with Crippen LogP contribution in [-0.4, -0.2) is 19.6 Å². The van der Waals surface area contributed by atoms with E-state index in [2.05, 4.69) is 48.5 Å². The van der Waals surface area contributed by atoms with E-state index in [1.807, 2.05) is 0 Å². The third-order valence-electron chi connectivity index (χ3n) is 2.43. The van der Waals surface area contributed by atoms with Crippen LogP contribution in [0.2, 0.25) is 0 Å². The van der Waals surface area contributed by atoms with Crippen LogP contribution >= 0.6 is 18.1 Å². The second-order valence-electron chi connectivity index (χ2n) is 3.29. The van der Waals surface area contributed by atoms with Crippen molar-refractivity contribution in [3.63, 3.8) is 0 Å². The van der Waals surface area contributed by atoms with Crippen molar-refractivity contribution in [2.75, 3.05) is 0 Å². The first-order valence-electron chi connectivity index (χ1n) is 5.05. The number of fused-ring (bicyclic) bond motifs is 4. The third-order valence-corrected chi connectivity index (χ3v) is 2.43. The standard InChI is InChI=1S/C12H8.2H3O2P/c1-2-6-10-9(5-1)11-7-3-4-8-12(10)11;2*1-3-2/h1-8H;2*1-3H. The molecule has 0 bridgehead atoms. The summed E-state index contributed by atoms with van der Waals surface area (Å²) in [7, 11) is -1.83. The summed E-state index contributed by atoms with van der Waals surface area (Å²) in [6.45, 7) is 0. The Morgan fingerprint density at radius 3 is 0.833 bits per heavy atom. The van der Waals surface area contributed by atoms with Crippen molar-refractivity contribution in [1.29, 1.82) is 0 Å². The SMILES string of the molecule is OPO.OPO.c1ccc2c(c1)-c1ccccc1-2. The number of benzene rings is 2. The molecule has 0 unspecified atom stereocenters. The van der Waals surface area contributed by atoms with Crippen LogP contribution in [0.25, 0.3) is 22.3 Å². The van der Waals surface area contributed by atoms with Gasteiger partial charge in [0, 0.05) is 0 Å². The highest BCUT2D eigenvalue weighted by Gasteiger charge is 2.19. The van der Waals surface area contributed by atoms with Gasteiger partial charge in [0.15, 0.2) is 0 Å². The summed E-state index contributed by atoms with van der Waals surface area (Å²) in [6, 6.07) is 17.1. The zero-order chi connectivity index (χ0) is 13.4. The number of hydrogen-bond acceptors (Lipinski definition) is 4. The molecule has 0 aliphatic heterocycles. The van der Waals surface area contributed by atoms with E-state index in [0.717, 1.165) is 0 Å². The largest absolute Gasteiger partial charge is 0.352 e. The molecular formula is C12H14O4P2. The quantitative estimate of drug-likeness (QED) is 0.477. The smallest absolute Gasteiger partial charge is 0.149 e. The molecule has 0 radical (unpaired) electrons. The first kappa shape index (κ1) is 15.2. The van der Waals surface area contributed by atoms with Gasteiger partial charge in [-0.05, 0) is 22.3 Å². The molecule has 1 aliphatic rings. The van der Waals surface area contributed by atoms with Crippen molar-refractivity contribution in [3.8, 4) is 22.3 Å². The molecule has 1 aliphatic carbocycles. The number of rotatable bonds is 0. The highest BCUT2D eigenvalue weighted by molar-refractivity contribution is 7.23. The topological polar surface area (TPSA) is 80.9 Å². The van der Waals surface area contributed by atoms with Crippen LogP contribution in [0.4, 0.5) is 0 Å². The lowest BCUT2D eigenvalue weighted by molar-refractivity contribution is 0.511. The summed E-state index contributed by atoms with van der Waals surface area (Å²) in [5, 5.41) is 0. The van der Waals surface area contributed by atoms with Crippen LogP contribution in [-0.2, 0) is 0 Å². The van der Waals surface area contributed by atoms with E-state index in [1.165, 1.54) is 22.3 Å². The average molecular weight is 284 g/mol. The minimum atomic E-state index is -0.917. The van der Waals surface area contributed by atoms with E-state index in [1.54, 1.807) is 0 Å².